The summed E-state index contributed by atoms with van der Waals surface area (Å²) in [7, 11) is 1.56. The third kappa shape index (κ3) is 7.17. The number of hydrogen-bond acceptors (Lipinski definition) is 7. The van der Waals surface area contributed by atoms with Gasteiger partial charge in [-0.1, -0.05) is 18.2 Å². The molecule has 3 amide bonds. The van der Waals surface area contributed by atoms with Gasteiger partial charge in [-0.15, -0.1) is 0 Å². The molecule has 0 fully saturated rings. The third-order valence-electron chi connectivity index (χ3n) is 6.49. The SMILES string of the molecule is COCCn1cnc2ccc(NC(=O)Nc3cccc(C(C)=O)c3)c(C3=CCN(C(=O)OC(C)(C)C)CC3)c2c1=O. The zero-order chi connectivity index (χ0) is 29.7. The predicted molar refractivity (Wildman–Crippen MR) is 157 cm³/mol. The smallest absolute Gasteiger partial charge is 0.410 e. The van der Waals surface area contributed by atoms with Crippen molar-refractivity contribution < 1.29 is 23.9 Å². The first kappa shape index (κ1) is 29.5. The molecular formula is C30H35N5O6. The van der Waals surface area contributed by atoms with Crippen LogP contribution in [0.3, 0.4) is 0 Å². The molecule has 0 saturated carbocycles. The van der Waals surface area contributed by atoms with Crippen LogP contribution in [0.2, 0.25) is 0 Å². The van der Waals surface area contributed by atoms with Crippen LogP contribution in [0.4, 0.5) is 21.0 Å². The highest BCUT2D eigenvalue weighted by molar-refractivity contribution is 6.06. The standard InChI is InChI=1S/C30H35N5O6/c1-19(36)21-7-6-8-22(17-21)32-28(38)33-24-10-9-23-26(27(37)35(18-31-23)15-16-40-5)25(24)20-11-13-34(14-12-20)29(39)41-30(2,3)4/h6-11,17-18H,12-16H2,1-5H3,(H2,32,33,38). The summed E-state index contributed by atoms with van der Waals surface area (Å²) in [5.41, 5.74) is 2.27. The van der Waals surface area contributed by atoms with E-state index in [1.54, 1.807) is 48.4 Å². The summed E-state index contributed by atoms with van der Waals surface area (Å²) in [6.45, 7) is 8.19. The van der Waals surface area contributed by atoms with Gasteiger partial charge in [-0.2, -0.15) is 0 Å². The van der Waals surface area contributed by atoms with E-state index in [4.69, 9.17) is 9.47 Å². The first-order valence-electron chi connectivity index (χ1n) is 13.3. The van der Waals surface area contributed by atoms with E-state index in [2.05, 4.69) is 15.6 Å². The van der Waals surface area contributed by atoms with Gasteiger partial charge in [0.25, 0.3) is 5.56 Å². The Morgan fingerprint density at radius 3 is 2.54 bits per heavy atom. The van der Waals surface area contributed by atoms with Crippen molar-refractivity contribution in [2.75, 3.05) is 37.4 Å². The Morgan fingerprint density at radius 1 is 1.10 bits per heavy atom. The molecule has 1 aliphatic rings. The van der Waals surface area contributed by atoms with Crippen LogP contribution in [-0.4, -0.2) is 64.8 Å². The molecule has 2 aromatic carbocycles. The number of rotatable bonds is 7. The minimum atomic E-state index is -0.621. The molecule has 2 N–H and O–H groups in total. The number of ketones is 1. The molecular weight excluding hydrogens is 526 g/mol. The summed E-state index contributed by atoms with van der Waals surface area (Å²) in [4.78, 5) is 57.2. The average molecular weight is 562 g/mol. The topological polar surface area (TPSA) is 132 Å². The highest BCUT2D eigenvalue weighted by Gasteiger charge is 2.26. The van der Waals surface area contributed by atoms with E-state index in [9.17, 15) is 19.2 Å². The second-order valence-electron chi connectivity index (χ2n) is 10.7. The Kier molecular flexibility index (Phi) is 8.87. The molecule has 0 aliphatic carbocycles. The van der Waals surface area contributed by atoms with Crippen molar-refractivity contribution in [1.29, 1.82) is 0 Å². The third-order valence-corrected chi connectivity index (χ3v) is 6.49. The minimum absolute atomic E-state index is 0.118. The van der Waals surface area contributed by atoms with Gasteiger partial charge in [0.05, 0.1) is 36.1 Å². The number of aromatic nitrogens is 2. The summed E-state index contributed by atoms with van der Waals surface area (Å²) < 4.78 is 12.1. The van der Waals surface area contributed by atoms with Crippen molar-refractivity contribution in [2.24, 2.45) is 0 Å². The van der Waals surface area contributed by atoms with Crippen LogP contribution in [0.15, 0.2) is 53.6 Å². The van der Waals surface area contributed by atoms with Crippen molar-refractivity contribution in [1.82, 2.24) is 14.5 Å². The quantitative estimate of drug-likeness (QED) is 0.392. The Labute approximate surface area is 238 Å². The van der Waals surface area contributed by atoms with Gasteiger partial charge in [0.2, 0.25) is 0 Å². The molecule has 41 heavy (non-hydrogen) atoms. The minimum Gasteiger partial charge on any atom is -0.444 e. The molecule has 2 heterocycles. The zero-order valence-corrected chi connectivity index (χ0v) is 23.9. The maximum atomic E-state index is 13.7. The van der Waals surface area contributed by atoms with Gasteiger partial charge in [-0.25, -0.2) is 14.6 Å². The lowest BCUT2D eigenvalue weighted by Gasteiger charge is -2.30. The van der Waals surface area contributed by atoms with Gasteiger partial charge in [0.15, 0.2) is 5.78 Å². The molecule has 0 saturated heterocycles. The molecule has 0 unspecified atom stereocenters. The van der Waals surface area contributed by atoms with Crippen LogP contribution in [0.1, 0.15) is 50.0 Å². The lowest BCUT2D eigenvalue weighted by Crippen LogP contribution is -2.39. The van der Waals surface area contributed by atoms with Crippen LogP contribution < -0.4 is 16.2 Å². The highest BCUT2D eigenvalue weighted by Crippen LogP contribution is 2.34. The fourth-order valence-electron chi connectivity index (χ4n) is 4.52. The van der Waals surface area contributed by atoms with Gasteiger partial charge >= 0.3 is 12.1 Å². The van der Waals surface area contributed by atoms with E-state index in [1.807, 2.05) is 26.8 Å². The van der Waals surface area contributed by atoms with Crippen LogP contribution >= 0.6 is 0 Å². The van der Waals surface area contributed by atoms with E-state index >= 15 is 0 Å². The lowest BCUT2D eigenvalue weighted by atomic mass is 9.94. The van der Waals surface area contributed by atoms with Gasteiger partial charge in [-0.05, 0) is 64.0 Å². The van der Waals surface area contributed by atoms with Crippen LogP contribution in [0, 0.1) is 0 Å². The number of nitrogens with one attached hydrogen (secondary N) is 2. The van der Waals surface area contributed by atoms with Crippen LogP contribution in [0.5, 0.6) is 0 Å². The van der Waals surface area contributed by atoms with Crippen LogP contribution in [-0.2, 0) is 16.0 Å². The Hall–Kier alpha value is -4.51. The molecule has 4 rings (SSSR count). The molecule has 11 nitrogen and oxygen atoms in total. The number of Topliss-reactive ketones (excluding diaryl/α,β-unsaturated/α-hetero) is 1. The maximum absolute atomic E-state index is 13.7. The van der Waals surface area contributed by atoms with Crippen molar-refractivity contribution in [3.05, 3.63) is 70.3 Å². The predicted octanol–water partition coefficient (Wildman–Crippen LogP) is 4.91. The molecule has 0 spiro atoms. The van der Waals surface area contributed by atoms with E-state index in [0.717, 1.165) is 5.57 Å². The fraction of sp³-hybridized carbons (Fsp3) is 0.367. The van der Waals surface area contributed by atoms with Gasteiger partial charge in [0, 0.05) is 37.0 Å². The molecule has 216 valence electrons. The summed E-state index contributed by atoms with van der Waals surface area (Å²) in [6.07, 6.45) is 3.36. The number of carbonyl (C=O) groups excluding carboxylic acids is 3. The number of nitrogens with zero attached hydrogens (tertiary/aromatic N) is 3. The number of benzene rings is 2. The number of amides is 3. The zero-order valence-electron chi connectivity index (χ0n) is 23.9. The largest absolute Gasteiger partial charge is 0.444 e. The van der Waals surface area contributed by atoms with Crippen molar-refractivity contribution in [3.63, 3.8) is 0 Å². The summed E-state index contributed by atoms with van der Waals surface area (Å²) in [5, 5.41) is 5.98. The first-order chi connectivity index (χ1) is 19.5. The number of urea groups is 1. The molecule has 0 atom stereocenters. The van der Waals surface area contributed by atoms with Crippen molar-refractivity contribution in [3.8, 4) is 0 Å². The molecule has 1 aliphatic heterocycles. The maximum Gasteiger partial charge on any atom is 0.410 e. The highest BCUT2D eigenvalue weighted by atomic mass is 16.6. The van der Waals surface area contributed by atoms with Gasteiger partial charge in [0.1, 0.15) is 5.60 Å². The van der Waals surface area contributed by atoms with E-state index in [1.165, 1.54) is 17.8 Å². The Morgan fingerprint density at radius 2 is 1.88 bits per heavy atom. The summed E-state index contributed by atoms with van der Waals surface area (Å²) >= 11 is 0. The van der Waals surface area contributed by atoms with E-state index in [-0.39, 0.29) is 17.9 Å². The Balaban J connectivity index is 1.72. The molecule has 11 heteroatoms. The summed E-state index contributed by atoms with van der Waals surface area (Å²) in [5.74, 6) is -0.118. The Bertz CT molecular complexity index is 1570. The molecule has 3 aromatic rings. The van der Waals surface area contributed by atoms with Gasteiger partial charge < -0.3 is 25.0 Å². The van der Waals surface area contributed by atoms with Crippen molar-refractivity contribution >= 4 is 45.8 Å². The number of methoxy groups -OCH3 is 1. The average Bonchev–Trinajstić information content (AvgIpc) is 2.92. The fourth-order valence-corrected chi connectivity index (χ4v) is 4.52. The van der Waals surface area contributed by atoms with Crippen molar-refractivity contribution in [2.45, 2.75) is 46.3 Å². The molecule has 1 aromatic heterocycles. The number of carbonyl (C=O) groups is 3. The molecule has 0 bridgehead atoms. The normalized spacial score (nSPS) is 13.5. The lowest BCUT2D eigenvalue weighted by molar-refractivity contribution is 0.0270. The monoisotopic (exact) mass is 561 g/mol. The number of fused-ring (bicyclic) bond motifs is 1. The van der Waals surface area contributed by atoms with E-state index in [0.29, 0.717) is 59.5 Å². The number of ether oxygens (including phenoxy) is 2. The first-order valence-corrected chi connectivity index (χ1v) is 13.3. The van der Waals surface area contributed by atoms with Gasteiger partial charge in [-0.3, -0.25) is 14.2 Å². The molecule has 0 radical (unpaired) electrons. The van der Waals surface area contributed by atoms with E-state index < -0.39 is 17.7 Å². The van der Waals surface area contributed by atoms with Crippen LogP contribution in [0.25, 0.3) is 16.5 Å². The number of hydrogen-bond donors (Lipinski definition) is 2. The number of anilines is 2. The summed E-state index contributed by atoms with van der Waals surface area (Å²) in [6, 6.07) is 9.48. The second-order valence-corrected chi connectivity index (χ2v) is 10.7. The second kappa shape index (κ2) is 12.3.